The molecule has 0 aromatic heterocycles. The Hall–Kier alpha value is -1.60. The standard InChI is InChI=1S/C21H23N/c1-4-14-22(15-5-1)21-13-7-9-16-8-6-11-18(20(16)21)17-10-2-3-12-19(17)21/h2-3,6,8-10,12H,1,4-5,7,11,13-15H2. The molecule has 1 aromatic rings. The van der Waals surface area contributed by atoms with Crippen molar-refractivity contribution in [2.45, 2.75) is 44.1 Å². The molecule has 3 aliphatic carbocycles. The smallest absolute Gasteiger partial charge is 0.0733 e. The van der Waals surface area contributed by atoms with Crippen molar-refractivity contribution >= 4 is 5.57 Å². The molecule has 0 N–H and O–H groups in total. The van der Waals surface area contributed by atoms with Crippen molar-refractivity contribution in [2.24, 2.45) is 0 Å². The van der Waals surface area contributed by atoms with Gasteiger partial charge in [-0.25, -0.2) is 0 Å². The predicted molar refractivity (Wildman–Crippen MR) is 91.5 cm³/mol. The highest BCUT2D eigenvalue weighted by Crippen LogP contribution is 2.58. The van der Waals surface area contributed by atoms with Crippen LogP contribution in [0, 0.1) is 0 Å². The molecule has 1 heterocycles. The number of fused-ring (bicyclic) bond motifs is 3. The number of piperidine rings is 1. The molecule has 1 aliphatic heterocycles. The Morgan fingerprint density at radius 2 is 1.86 bits per heavy atom. The van der Waals surface area contributed by atoms with Gasteiger partial charge in [0.25, 0.3) is 0 Å². The summed E-state index contributed by atoms with van der Waals surface area (Å²) in [5.74, 6) is 0. The molecule has 1 fully saturated rings. The first-order valence-electron chi connectivity index (χ1n) is 8.87. The first kappa shape index (κ1) is 12.9. The summed E-state index contributed by atoms with van der Waals surface area (Å²) >= 11 is 0. The molecule has 5 rings (SSSR count). The van der Waals surface area contributed by atoms with Crippen LogP contribution in [0.4, 0.5) is 0 Å². The fourth-order valence-corrected chi connectivity index (χ4v) is 5.27. The van der Waals surface area contributed by atoms with Crippen molar-refractivity contribution in [3.63, 3.8) is 0 Å². The number of benzene rings is 1. The molecule has 112 valence electrons. The first-order valence-corrected chi connectivity index (χ1v) is 8.87. The highest BCUT2D eigenvalue weighted by molar-refractivity contribution is 5.87. The van der Waals surface area contributed by atoms with Gasteiger partial charge in [0.05, 0.1) is 5.54 Å². The van der Waals surface area contributed by atoms with Gasteiger partial charge in [-0.2, -0.15) is 0 Å². The molecule has 0 spiro atoms. The van der Waals surface area contributed by atoms with Crippen LogP contribution in [0.25, 0.3) is 5.57 Å². The van der Waals surface area contributed by atoms with Crippen molar-refractivity contribution in [2.75, 3.05) is 13.1 Å². The van der Waals surface area contributed by atoms with Gasteiger partial charge >= 0.3 is 0 Å². The van der Waals surface area contributed by atoms with E-state index >= 15 is 0 Å². The normalized spacial score (nSPS) is 30.1. The summed E-state index contributed by atoms with van der Waals surface area (Å²) in [4.78, 5) is 2.82. The van der Waals surface area contributed by atoms with Crippen LogP contribution in [0.5, 0.6) is 0 Å². The van der Waals surface area contributed by atoms with Gasteiger partial charge in [0.2, 0.25) is 0 Å². The van der Waals surface area contributed by atoms with Gasteiger partial charge in [0.1, 0.15) is 0 Å². The van der Waals surface area contributed by atoms with E-state index in [2.05, 4.69) is 47.4 Å². The lowest BCUT2D eigenvalue weighted by Crippen LogP contribution is -2.50. The first-order chi connectivity index (χ1) is 10.9. The molecule has 1 saturated heterocycles. The third kappa shape index (κ3) is 1.53. The molecule has 4 aliphatic rings. The number of likely N-dealkylation sites (tertiary alicyclic amines) is 1. The minimum Gasteiger partial charge on any atom is -0.290 e. The maximum Gasteiger partial charge on any atom is 0.0733 e. The summed E-state index contributed by atoms with van der Waals surface area (Å²) in [5, 5.41) is 0. The number of nitrogens with zero attached hydrogens (tertiary/aromatic N) is 1. The van der Waals surface area contributed by atoms with Crippen molar-refractivity contribution in [1.29, 1.82) is 0 Å². The van der Waals surface area contributed by atoms with Gasteiger partial charge < -0.3 is 0 Å². The van der Waals surface area contributed by atoms with E-state index in [1.165, 1.54) is 56.3 Å². The summed E-state index contributed by atoms with van der Waals surface area (Å²) in [6.07, 6.45) is 14.9. The molecule has 1 nitrogen and oxygen atoms in total. The van der Waals surface area contributed by atoms with E-state index in [0.717, 1.165) is 6.42 Å². The molecule has 1 heteroatoms. The third-order valence-corrected chi connectivity index (χ3v) is 6.09. The van der Waals surface area contributed by atoms with E-state index < -0.39 is 0 Å². The molecular formula is C21H23N. The van der Waals surface area contributed by atoms with Gasteiger partial charge in [-0.15, -0.1) is 0 Å². The van der Waals surface area contributed by atoms with E-state index in [1.54, 1.807) is 16.7 Å². The zero-order chi connectivity index (χ0) is 14.6. The van der Waals surface area contributed by atoms with Gasteiger partial charge in [-0.1, -0.05) is 48.9 Å². The number of hydrogen-bond donors (Lipinski definition) is 0. The Kier molecular flexibility index (Phi) is 2.75. The van der Waals surface area contributed by atoms with Crippen LogP contribution in [-0.4, -0.2) is 18.0 Å². The summed E-state index contributed by atoms with van der Waals surface area (Å²) in [5.41, 5.74) is 8.07. The minimum atomic E-state index is 0.182. The number of allylic oxidation sites excluding steroid dienone is 4. The Morgan fingerprint density at radius 1 is 1.00 bits per heavy atom. The molecule has 0 bridgehead atoms. The maximum atomic E-state index is 2.82. The van der Waals surface area contributed by atoms with E-state index in [4.69, 9.17) is 0 Å². The fourth-order valence-electron chi connectivity index (χ4n) is 5.27. The largest absolute Gasteiger partial charge is 0.290 e. The Morgan fingerprint density at radius 3 is 2.77 bits per heavy atom. The SMILES string of the molecule is C1=CC2=CCCC3(N4CCCCC4)C2=C(C1)c1ccccc13. The Balaban J connectivity index is 1.77. The molecule has 1 atom stereocenters. The summed E-state index contributed by atoms with van der Waals surface area (Å²) in [7, 11) is 0. The minimum absolute atomic E-state index is 0.182. The Bertz CT molecular complexity index is 715. The van der Waals surface area contributed by atoms with Gasteiger partial charge in [0.15, 0.2) is 0 Å². The average Bonchev–Trinajstić information content (AvgIpc) is 2.90. The van der Waals surface area contributed by atoms with Crippen LogP contribution >= 0.6 is 0 Å². The van der Waals surface area contributed by atoms with Crippen LogP contribution in [0.1, 0.15) is 49.7 Å². The second-order valence-corrected chi connectivity index (χ2v) is 7.11. The zero-order valence-corrected chi connectivity index (χ0v) is 13.1. The summed E-state index contributed by atoms with van der Waals surface area (Å²) < 4.78 is 0. The van der Waals surface area contributed by atoms with Crippen molar-refractivity contribution in [3.05, 3.63) is 64.8 Å². The second-order valence-electron chi connectivity index (χ2n) is 7.11. The van der Waals surface area contributed by atoms with Crippen LogP contribution in [-0.2, 0) is 5.54 Å². The maximum absolute atomic E-state index is 2.82. The molecular weight excluding hydrogens is 266 g/mol. The van der Waals surface area contributed by atoms with E-state index in [1.807, 2.05) is 0 Å². The van der Waals surface area contributed by atoms with Crippen molar-refractivity contribution < 1.29 is 0 Å². The highest BCUT2D eigenvalue weighted by atomic mass is 15.2. The van der Waals surface area contributed by atoms with Crippen LogP contribution in [0.2, 0.25) is 0 Å². The van der Waals surface area contributed by atoms with Gasteiger partial charge in [-0.05, 0) is 73.0 Å². The van der Waals surface area contributed by atoms with Crippen LogP contribution in [0.3, 0.4) is 0 Å². The molecule has 1 unspecified atom stereocenters. The zero-order valence-electron chi connectivity index (χ0n) is 13.1. The van der Waals surface area contributed by atoms with Crippen molar-refractivity contribution in [3.8, 4) is 0 Å². The van der Waals surface area contributed by atoms with E-state index in [0.29, 0.717) is 0 Å². The average molecular weight is 289 g/mol. The molecule has 1 aromatic carbocycles. The topological polar surface area (TPSA) is 3.24 Å². The molecule has 0 amide bonds. The van der Waals surface area contributed by atoms with Crippen molar-refractivity contribution in [1.82, 2.24) is 4.90 Å². The van der Waals surface area contributed by atoms with Gasteiger partial charge in [-0.3, -0.25) is 4.90 Å². The number of rotatable bonds is 1. The fraction of sp³-hybridized carbons (Fsp3) is 0.429. The monoisotopic (exact) mass is 289 g/mol. The lowest BCUT2D eigenvalue weighted by atomic mass is 9.72. The lowest BCUT2D eigenvalue weighted by molar-refractivity contribution is 0.0881. The Labute approximate surface area is 133 Å². The highest BCUT2D eigenvalue weighted by Gasteiger charge is 2.50. The quantitative estimate of drug-likeness (QED) is 0.717. The molecule has 0 radical (unpaired) electrons. The predicted octanol–water partition coefficient (Wildman–Crippen LogP) is 4.82. The van der Waals surface area contributed by atoms with Crippen LogP contribution in [0.15, 0.2) is 53.6 Å². The summed E-state index contributed by atoms with van der Waals surface area (Å²) in [6.45, 7) is 2.53. The van der Waals surface area contributed by atoms with E-state index in [-0.39, 0.29) is 5.54 Å². The number of hydrogen-bond acceptors (Lipinski definition) is 1. The third-order valence-electron chi connectivity index (χ3n) is 6.09. The summed E-state index contributed by atoms with van der Waals surface area (Å²) in [6, 6.07) is 9.23. The van der Waals surface area contributed by atoms with E-state index in [9.17, 15) is 0 Å². The second kappa shape index (κ2) is 4.70. The lowest BCUT2D eigenvalue weighted by Gasteiger charge is -2.48. The molecule has 0 saturated carbocycles. The molecule has 22 heavy (non-hydrogen) atoms. The van der Waals surface area contributed by atoms with Crippen LogP contribution < -0.4 is 0 Å². The van der Waals surface area contributed by atoms with Gasteiger partial charge in [0, 0.05) is 0 Å².